The molecule has 1 heterocycles. The highest BCUT2D eigenvalue weighted by atomic mass is 127. The van der Waals surface area contributed by atoms with Crippen molar-refractivity contribution in [1.82, 2.24) is 20.4 Å². The van der Waals surface area contributed by atoms with Crippen LogP contribution in [-0.4, -0.2) is 28.4 Å². The summed E-state index contributed by atoms with van der Waals surface area (Å²) in [4.78, 5) is 4.30. The summed E-state index contributed by atoms with van der Waals surface area (Å²) in [5, 5.41) is 10.2. The molecular weight excluding hydrogens is 498 g/mol. The van der Waals surface area contributed by atoms with Crippen molar-refractivity contribution in [3.63, 3.8) is 0 Å². The summed E-state index contributed by atoms with van der Waals surface area (Å²) in [6.07, 6.45) is -3.01. The zero-order valence-corrected chi connectivity index (χ0v) is 19.2. The number of guanidine groups is 1. The lowest BCUT2D eigenvalue weighted by atomic mass is 10.1. The van der Waals surface area contributed by atoms with Crippen LogP contribution < -0.4 is 15.4 Å². The van der Waals surface area contributed by atoms with Crippen molar-refractivity contribution < 1.29 is 17.9 Å². The highest BCUT2D eigenvalue weighted by Crippen LogP contribution is 2.35. The van der Waals surface area contributed by atoms with Gasteiger partial charge in [-0.1, -0.05) is 6.07 Å². The highest BCUT2D eigenvalue weighted by Gasteiger charge is 2.33. The molecule has 2 rings (SSSR count). The largest absolute Gasteiger partial charge is 0.491 e. The zero-order chi connectivity index (χ0) is 20.7. The molecule has 0 spiro atoms. The van der Waals surface area contributed by atoms with Crippen LogP contribution in [0.15, 0.2) is 35.5 Å². The van der Waals surface area contributed by atoms with Gasteiger partial charge in [-0.25, -0.2) is 4.99 Å². The molecule has 0 fully saturated rings. The van der Waals surface area contributed by atoms with Gasteiger partial charge in [0.25, 0.3) is 0 Å². The first kappa shape index (κ1) is 25.1. The number of alkyl halides is 3. The molecule has 162 valence electrons. The summed E-state index contributed by atoms with van der Waals surface area (Å²) in [6.45, 7) is 6.35. The Morgan fingerprint density at radius 2 is 1.97 bits per heavy atom. The van der Waals surface area contributed by atoms with E-state index in [1.807, 2.05) is 20.0 Å². The van der Waals surface area contributed by atoms with Gasteiger partial charge < -0.3 is 15.4 Å². The van der Waals surface area contributed by atoms with Crippen molar-refractivity contribution in [2.24, 2.45) is 12.0 Å². The Morgan fingerprint density at radius 3 is 2.52 bits per heavy atom. The van der Waals surface area contributed by atoms with E-state index >= 15 is 0 Å². The molecule has 1 aromatic heterocycles. The molecule has 29 heavy (non-hydrogen) atoms. The molecular formula is C19H27F3IN5O. The number of rotatable bonds is 7. The van der Waals surface area contributed by atoms with Gasteiger partial charge in [-0.2, -0.15) is 18.3 Å². The molecule has 10 heteroatoms. The SMILES string of the molecule is CCNC(=NCc1ccc(OC(C)C)cc1C(F)(F)F)NCc1ccnn1C.I. The van der Waals surface area contributed by atoms with Crippen molar-refractivity contribution in [2.45, 2.75) is 46.1 Å². The van der Waals surface area contributed by atoms with E-state index in [0.717, 1.165) is 11.8 Å². The predicted molar refractivity (Wildman–Crippen MR) is 117 cm³/mol. The summed E-state index contributed by atoms with van der Waals surface area (Å²) in [7, 11) is 1.82. The van der Waals surface area contributed by atoms with E-state index in [0.29, 0.717) is 19.0 Å². The number of aryl methyl sites for hydroxylation is 1. The first-order valence-electron chi connectivity index (χ1n) is 9.06. The fraction of sp³-hybridized carbons (Fsp3) is 0.474. The average Bonchev–Trinajstić information content (AvgIpc) is 3.01. The quantitative estimate of drug-likeness (QED) is 0.325. The number of benzene rings is 1. The van der Waals surface area contributed by atoms with Crippen molar-refractivity contribution >= 4 is 29.9 Å². The number of nitrogens with zero attached hydrogens (tertiary/aromatic N) is 3. The normalized spacial score (nSPS) is 11.9. The van der Waals surface area contributed by atoms with Crippen LogP contribution in [-0.2, 0) is 26.3 Å². The van der Waals surface area contributed by atoms with Crippen LogP contribution in [0.1, 0.15) is 37.6 Å². The fourth-order valence-corrected chi connectivity index (χ4v) is 2.56. The number of hydrogen-bond acceptors (Lipinski definition) is 3. The number of aliphatic imine (C=N–C) groups is 1. The van der Waals surface area contributed by atoms with Gasteiger partial charge in [-0.15, -0.1) is 24.0 Å². The van der Waals surface area contributed by atoms with E-state index in [9.17, 15) is 13.2 Å². The molecule has 0 saturated carbocycles. The van der Waals surface area contributed by atoms with Crippen LogP contribution in [0.2, 0.25) is 0 Å². The highest BCUT2D eigenvalue weighted by molar-refractivity contribution is 14.0. The molecule has 2 aromatic rings. The lowest BCUT2D eigenvalue weighted by Gasteiger charge is -2.16. The fourth-order valence-electron chi connectivity index (χ4n) is 2.56. The van der Waals surface area contributed by atoms with Crippen molar-refractivity contribution in [1.29, 1.82) is 0 Å². The van der Waals surface area contributed by atoms with Crippen molar-refractivity contribution in [3.05, 3.63) is 47.3 Å². The number of hydrogen-bond donors (Lipinski definition) is 2. The number of halogens is 4. The Kier molecular flexibility index (Phi) is 9.74. The molecule has 0 atom stereocenters. The van der Waals surface area contributed by atoms with E-state index in [2.05, 4.69) is 20.7 Å². The van der Waals surface area contributed by atoms with Gasteiger partial charge in [0.05, 0.1) is 30.5 Å². The minimum atomic E-state index is -4.48. The van der Waals surface area contributed by atoms with E-state index in [-0.39, 0.29) is 47.9 Å². The number of ether oxygens (including phenoxy) is 1. The van der Waals surface area contributed by atoms with Crippen LogP contribution in [0, 0.1) is 0 Å². The minimum Gasteiger partial charge on any atom is -0.491 e. The Hall–Kier alpha value is -1.98. The first-order chi connectivity index (χ1) is 13.2. The van der Waals surface area contributed by atoms with E-state index in [1.165, 1.54) is 12.1 Å². The number of aromatic nitrogens is 2. The third kappa shape index (κ3) is 7.75. The maximum atomic E-state index is 13.5. The van der Waals surface area contributed by atoms with E-state index in [1.54, 1.807) is 24.7 Å². The Balaban J connectivity index is 0.00000420. The lowest BCUT2D eigenvalue weighted by molar-refractivity contribution is -0.138. The standard InChI is InChI=1S/C19H26F3N5O.HI/c1-5-23-18(25-12-15-8-9-26-27(15)4)24-11-14-6-7-16(28-13(2)3)10-17(14)19(20,21)22;/h6-10,13H,5,11-12H2,1-4H3,(H2,23,24,25);1H. The summed E-state index contributed by atoms with van der Waals surface area (Å²) < 4.78 is 47.5. The molecule has 0 radical (unpaired) electrons. The predicted octanol–water partition coefficient (Wildman–Crippen LogP) is 4.10. The first-order valence-corrected chi connectivity index (χ1v) is 9.06. The third-order valence-electron chi connectivity index (χ3n) is 3.87. The van der Waals surface area contributed by atoms with Crippen molar-refractivity contribution in [2.75, 3.05) is 6.54 Å². The third-order valence-corrected chi connectivity index (χ3v) is 3.87. The summed E-state index contributed by atoms with van der Waals surface area (Å²) >= 11 is 0. The molecule has 0 amide bonds. The topological polar surface area (TPSA) is 63.5 Å². The van der Waals surface area contributed by atoms with Gasteiger partial charge in [0.2, 0.25) is 0 Å². The maximum absolute atomic E-state index is 13.5. The maximum Gasteiger partial charge on any atom is 0.416 e. The summed E-state index contributed by atoms with van der Waals surface area (Å²) in [5.41, 5.74) is 0.273. The van der Waals surface area contributed by atoms with Gasteiger partial charge in [0.15, 0.2) is 5.96 Å². The molecule has 0 aliphatic heterocycles. The molecule has 0 bridgehead atoms. The van der Waals surface area contributed by atoms with Crippen LogP contribution in [0.25, 0.3) is 0 Å². The Morgan fingerprint density at radius 1 is 1.24 bits per heavy atom. The van der Waals surface area contributed by atoms with Gasteiger partial charge >= 0.3 is 6.18 Å². The zero-order valence-electron chi connectivity index (χ0n) is 16.9. The molecule has 0 aliphatic carbocycles. The van der Waals surface area contributed by atoms with Gasteiger partial charge in [-0.3, -0.25) is 4.68 Å². The molecule has 6 nitrogen and oxygen atoms in total. The molecule has 1 aromatic carbocycles. The van der Waals surface area contributed by atoms with Gasteiger partial charge in [0.1, 0.15) is 5.75 Å². The molecule has 0 unspecified atom stereocenters. The second kappa shape index (κ2) is 11.3. The van der Waals surface area contributed by atoms with E-state index in [4.69, 9.17) is 4.74 Å². The van der Waals surface area contributed by atoms with Crippen LogP contribution >= 0.6 is 24.0 Å². The van der Waals surface area contributed by atoms with Crippen molar-refractivity contribution in [3.8, 4) is 5.75 Å². The second-order valence-corrected chi connectivity index (χ2v) is 6.48. The summed E-state index contributed by atoms with van der Waals surface area (Å²) in [6, 6.07) is 5.83. The van der Waals surface area contributed by atoms with Crippen LogP contribution in [0.5, 0.6) is 5.75 Å². The Labute approximate surface area is 185 Å². The molecule has 0 saturated heterocycles. The van der Waals surface area contributed by atoms with Crippen LogP contribution in [0.3, 0.4) is 0 Å². The second-order valence-electron chi connectivity index (χ2n) is 6.48. The van der Waals surface area contributed by atoms with Gasteiger partial charge in [0, 0.05) is 19.8 Å². The summed E-state index contributed by atoms with van der Waals surface area (Å²) in [5.74, 6) is 0.621. The van der Waals surface area contributed by atoms with E-state index < -0.39 is 11.7 Å². The Bertz CT molecular complexity index is 805. The average molecular weight is 525 g/mol. The minimum absolute atomic E-state index is 0. The van der Waals surface area contributed by atoms with Crippen LogP contribution in [0.4, 0.5) is 13.2 Å². The van der Waals surface area contributed by atoms with Gasteiger partial charge in [-0.05, 0) is 44.5 Å². The smallest absolute Gasteiger partial charge is 0.416 e. The lowest BCUT2D eigenvalue weighted by Crippen LogP contribution is -2.37. The molecule has 2 N–H and O–H groups in total. The monoisotopic (exact) mass is 525 g/mol. The number of nitrogens with one attached hydrogen (secondary N) is 2. The molecule has 0 aliphatic rings.